The summed E-state index contributed by atoms with van der Waals surface area (Å²) in [4.78, 5) is 35.6. The van der Waals surface area contributed by atoms with Crippen LogP contribution < -0.4 is 20.5 Å². The lowest BCUT2D eigenvalue weighted by molar-refractivity contribution is -0.119. The molecule has 0 saturated heterocycles. The molecule has 1 unspecified atom stereocenters. The van der Waals surface area contributed by atoms with Gasteiger partial charge in [-0.2, -0.15) is 0 Å². The number of para-hydroxylation sites is 1. The molecule has 3 N–H and O–H groups in total. The van der Waals surface area contributed by atoms with Gasteiger partial charge in [-0.15, -0.1) is 0 Å². The molecule has 1 heterocycles. The number of anilines is 1. The van der Waals surface area contributed by atoms with Crippen LogP contribution in [0.4, 0.5) is 10.5 Å². The lowest BCUT2D eigenvalue weighted by Crippen LogP contribution is -2.49. The van der Waals surface area contributed by atoms with Gasteiger partial charge >= 0.3 is 6.03 Å². The van der Waals surface area contributed by atoms with Gasteiger partial charge in [0.2, 0.25) is 5.91 Å². The summed E-state index contributed by atoms with van der Waals surface area (Å²) in [6, 6.07) is 11.7. The molecular weight excluding hydrogens is 405 g/mol. The van der Waals surface area contributed by atoms with Crippen LogP contribution in [0, 0.1) is 0 Å². The molecule has 0 saturated carbocycles. The predicted molar refractivity (Wildman–Crippen MR) is 106 cm³/mol. The first-order valence-corrected chi connectivity index (χ1v) is 10.3. The monoisotopic (exact) mass is 423 g/mol. The summed E-state index contributed by atoms with van der Waals surface area (Å²) in [5.41, 5.74) is 5.90. The van der Waals surface area contributed by atoms with Crippen LogP contribution in [-0.2, 0) is 15.9 Å². The number of hydrogen-bond donors (Lipinski definition) is 3. The Labute approximate surface area is 168 Å². The van der Waals surface area contributed by atoms with Gasteiger partial charge in [0.1, 0.15) is 5.75 Å². The van der Waals surface area contributed by atoms with Crippen molar-refractivity contribution in [2.24, 2.45) is 0 Å². The van der Waals surface area contributed by atoms with Gasteiger partial charge in [0.15, 0.2) is 14.1 Å². The Balaban J connectivity index is 1.77. The number of benzene rings is 2. The van der Waals surface area contributed by atoms with Crippen molar-refractivity contribution in [3.8, 4) is 11.5 Å². The van der Waals surface area contributed by atoms with E-state index < -0.39 is 20.3 Å². The van der Waals surface area contributed by atoms with E-state index in [1.165, 1.54) is 4.90 Å². The molecule has 148 valence electrons. The van der Waals surface area contributed by atoms with Gasteiger partial charge in [-0.3, -0.25) is 15.1 Å². The molecule has 0 bridgehead atoms. The molecule has 0 aliphatic carbocycles. The maximum Gasteiger partial charge on any atom is 0.341 e. The zero-order valence-corrected chi connectivity index (χ0v) is 16.7. The van der Waals surface area contributed by atoms with Gasteiger partial charge in [-0.25, -0.2) is 10.2 Å². The molecule has 28 heavy (non-hydrogen) atoms. The molecule has 2 aromatic rings. The van der Waals surface area contributed by atoms with Crippen LogP contribution in [0.1, 0.15) is 12.5 Å². The van der Waals surface area contributed by atoms with E-state index in [2.05, 4.69) is 10.9 Å². The van der Waals surface area contributed by atoms with Crippen molar-refractivity contribution >= 4 is 37.6 Å². The van der Waals surface area contributed by atoms with Crippen molar-refractivity contribution in [2.75, 3.05) is 17.7 Å². The lowest BCUT2D eigenvalue weighted by atomic mass is 10.2. The fourth-order valence-corrected chi connectivity index (χ4v) is 3.51. The highest BCUT2D eigenvalue weighted by Gasteiger charge is 2.26. The zero-order valence-electron chi connectivity index (χ0n) is 15.0. The number of nitrogens with zero attached hydrogens (tertiary/aromatic N) is 1. The third-order valence-electron chi connectivity index (χ3n) is 3.84. The second kappa shape index (κ2) is 9.21. The van der Waals surface area contributed by atoms with Crippen molar-refractivity contribution in [1.29, 1.82) is 0 Å². The van der Waals surface area contributed by atoms with Crippen molar-refractivity contribution in [2.45, 2.75) is 13.5 Å². The Morgan fingerprint density at radius 1 is 1.25 bits per heavy atom. The van der Waals surface area contributed by atoms with Gasteiger partial charge in [-0.05, 0) is 31.2 Å². The topological polar surface area (TPSA) is 100 Å². The number of hydrogen-bond acceptors (Lipinski definition) is 5. The number of carbonyl (C=O) groups is 2. The predicted octanol–water partition coefficient (Wildman–Crippen LogP) is 3.53. The van der Waals surface area contributed by atoms with Crippen LogP contribution in [0.15, 0.2) is 42.5 Å². The molecule has 10 heteroatoms. The van der Waals surface area contributed by atoms with Crippen molar-refractivity contribution in [3.05, 3.63) is 53.1 Å². The average Bonchev–Trinajstić information content (AvgIpc) is 2.83. The van der Waals surface area contributed by atoms with Crippen LogP contribution in [0.3, 0.4) is 0 Å². The SMILES string of the molecule is CCOP(O)CC(=O)NNC(=O)N1Cc2ccccc2Oc2ccc(Cl)cc21. The quantitative estimate of drug-likeness (QED) is 0.516. The highest BCUT2D eigenvalue weighted by Crippen LogP contribution is 2.40. The van der Waals surface area contributed by atoms with Crippen LogP contribution in [0.5, 0.6) is 11.5 Å². The molecule has 2 aromatic carbocycles. The van der Waals surface area contributed by atoms with Gasteiger partial charge in [-0.1, -0.05) is 29.8 Å². The number of urea groups is 1. The molecule has 3 amide bonds. The Morgan fingerprint density at radius 3 is 2.82 bits per heavy atom. The summed E-state index contributed by atoms with van der Waals surface area (Å²) in [6.07, 6.45) is -0.238. The van der Waals surface area contributed by atoms with E-state index in [1.54, 1.807) is 25.1 Å². The van der Waals surface area contributed by atoms with E-state index in [0.29, 0.717) is 28.8 Å². The number of hydrazine groups is 1. The fourth-order valence-electron chi connectivity index (χ4n) is 2.62. The Hall–Kier alpha value is -2.38. The molecule has 8 nitrogen and oxygen atoms in total. The summed E-state index contributed by atoms with van der Waals surface area (Å²) >= 11 is 6.10. The summed E-state index contributed by atoms with van der Waals surface area (Å²) < 4.78 is 10.9. The minimum atomic E-state index is -1.87. The maximum absolute atomic E-state index is 12.8. The van der Waals surface area contributed by atoms with E-state index >= 15 is 0 Å². The third-order valence-corrected chi connectivity index (χ3v) is 5.19. The smallest absolute Gasteiger partial charge is 0.341 e. The summed E-state index contributed by atoms with van der Waals surface area (Å²) in [5, 5.41) is 0.442. The van der Waals surface area contributed by atoms with Crippen LogP contribution >= 0.6 is 20.0 Å². The molecule has 1 aliphatic heterocycles. The standard InChI is InChI=1S/C18H19ClN3O5P/c1-2-26-28(25)11-17(23)20-21-18(24)22-10-12-5-3-4-6-15(12)27-16-8-7-13(19)9-14(16)22/h3-9,25H,2,10-11H2,1H3,(H,20,23)(H,21,24). The zero-order chi connectivity index (χ0) is 20.1. The highest BCUT2D eigenvalue weighted by atomic mass is 35.5. The van der Waals surface area contributed by atoms with E-state index in [4.69, 9.17) is 20.9 Å². The highest BCUT2D eigenvalue weighted by molar-refractivity contribution is 7.47. The Bertz CT molecular complexity index is 882. The van der Waals surface area contributed by atoms with E-state index in [-0.39, 0.29) is 12.7 Å². The average molecular weight is 424 g/mol. The molecule has 0 radical (unpaired) electrons. The van der Waals surface area contributed by atoms with Gasteiger partial charge in [0, 0.05) is 10.6 Å². The van der Waals surface area contributed by atoms with Crippen LogP contribution in [0.25, 0.3) is 0 Å². The first kappa shape index (κ1) is 20.4. The Kier molecular flexibility index (Phi) is 6.70. The molecule has 0 fully saturated rings. The minimum absolute atomic E-state index is 0.219. The van der Waals surface area contributed by atoms with E-state index in [0.717, 1.165) is 5.56 Å². The van der Waals surface area contributed by atoms with Crippen molar-refractivity contribution < 1.29 is 23.7 Å². The molecule has 0 aromatic heterocycles. The lowest BCUT2D eigenvalue weighted by Gasteiger charge is -2.23. The van der Waals surface area contributed by atoms with Gasteiger partial charge in [0.25, 0.3) is 0 Å². The first-order chi connectivity index (χ1) is 13.5. The van der Waals surface area contributed by atoms with Crippen LogP contribution in [0.2, 0.25) is 5.02 Å². The summed E-state index contributed by atoms with van der Waals surface area (Å²) in [5.74, 6) is 0.535. The summed E-state index contributed by atoms with van der Waals surface area (Å²) in [6.45, 7) is 2.23. The van der Waals surface area contributed by atoms with Crippen molar-refractivity contribution in [1.82, 2.24) is 10.9 Å². The van der Waals surface area contributed by atoms with Gasteiger partial charge in [0.05, 0.1) is 25.0 Å². The van der Waals surface area contributed by atoms with E-state index in [9.17, 15) is 14.5 Å². The first-order valence-electron chi connectivity index (χ1n) is 8.49. The Morgan fingerprint density at radius 2 is 2.04 bits per heavy atom. The number of nitrogens with one attached hydrogen (secondary N) is 2. The number of ether oxygens (including phenoxy) is 1. The van der Waals surface area contributed by atoms with Crippen molar-refractivity contribution in [3.63, 3.8) is 0 Å². The number of amides is 3. The second-order valence-electron chi connectivity index (χ2n) is 5.81. The molecule has 1 atom stereocenters. The molecule has 0 spiro atoms. The summed E-state index contributed by atoms with van der Waals surface area (Å²) in [7, 11) is -1.87. The molecule has 1 aliphatic rings. The fraction of sp³-hybridized carbons (Fsp3) is 0.222. The van der Waals surface area contributed by atoms with E-state index in [1.807, 2.05) is 24.3 Å². The number of rotatable bonds is 4. The largest absolute Gasteiger partial charge is 0.455 e. The second-order valence-corrected chi connectivity index (χ2v) is 7.53. The normalized spacial score (nSPS) is 13.5. The van der Waals surface area contributed by atoms with Gasteiger partial charge < -0.3 is 14.2 Å². The number of carbonyl (C=O) groups excluding carboxylic acids is 2. The number of halogens is 1. The van der Waals surface area contributed by atoms with Crippen LogP contribution in [-0.4, -0.2) is 29.6 Å². The molecule has 3 rings (SSSR count). The minimum Gasteiger partial charge on any atom is -0.455 e. The maximum atomic E-state index is 12.8. The molecular formula is C18H19ClN3O5P. The number of fused-ring (bicyclic) bond motifs is 2. The third kappa shape index (κ3) is 4.91.